The van der Waals surface area contributed by atoms with Gasteiger partial charge in [-0.2, -0.15) is 0 Å². The Morgan fingerprint density at radius 1 is 1.25 bits per heavy atom. The van der Waals surface area contributed by atoms with Crippen LogP contribution in [0.1, 0.15) is 60.3 Å². The van der Waals surface area contributed by atoms with Crippen LogP contribution in [0.25, 0.3) is 0 Å². The van der Waals surface area contributed by atoms with Crippen LogP contribution in [-0.2, 0) is 4.74 Å². The quantitative estimate of drug-likeness (QED) is 0.448. The van der Waals surface area contributed by atoms with Gasteiger partial charge in [0.1, 0.15) is 5.60 Å². The molecule has 4 heteroatoms. The second-order valence-electron chi connectivity index (χ2n) is 5.12. The van der Waals surface area contributed by atoms with Crippen LogP contribution >= 0.6 is 0 Å². The van der Waals surface area contributed by atoms with Crippen LogP contribution in [0.15, 0.2) is 0 Å². The number of amides is 1. The van der Waals surface area contributed by atoms with E-state index in [9.17, 15) is 4.79 Å². The monoisotopic (exact) mass is 230 g/mol. The third-order valence-electron chi connectivity index (χ3n) is 2.24. The fourth-order valence-electron chi connectivity index (χ4n) is 1.55. The molecule has 0 saturated heterocycles. The Bertz CT molecular complexity index is 206. The lowest BCUT2D eigenvalue weighted by molar-refractivity contribution is 0.0138. The lowest BCUT2D eigenvalue weighted by Gasteiger charge is -2.29. The van der Waals surface area contributed by atoms with Gasteiger partial charge in [0.05, 0.1) is 6.04 Å². The molecular formula is C12H26N2O2. The molecule has 0 rings (SSSR count). The minimum Gasteiger partial charge on any atom is -0.443 e. The fraction of sp³-hybridized carbons (Fsp3) is 0.917. The average molecular weight is 230 g/mol. The number of hydrogen-bond donors (Lipinski definition) is 1. The number of carbonyl (C=O) groups excluding carboxylic acids is 1. The molecule has 16 heavy (non-hydrogen) atoms. The number of nitrogens with zero attached hydrogens (tertiary/aromatic N) is 1. The summed E-state index contributed by atoms with van der Waals surface area (Å²) in [4.78, 5) is 11.7. The van der Waals surface area contributed by atoms with Gasteiger partial charge in [0.2, 0.25) is 0 Å². The van der Waals surface area contributed by atoms with Crippen molar-refractivity contribution < 1.29 is 9.53 Å². The van der Waals surface area contributed by atoms with Crippen molar-refractivity contribution in [1.82, 2.24) is 5.01 Å². The SMILES string of the molecule is CCCC(CCC)N(N)C(=O)OC(C)(C)C. The van der Waals surface area contributed by atoms with E-state index in [1.165, 1.54) is 5.01 Å². The third kappa shape index (κ3) is 5.95. The van der Waals surface area contributed by atoms with Crippen LogP contribution < -0.4 is 5.84 Å². The molecule has 0 aromatic heterocycles. The third-order valence-corrected chi connectivity index (χ3v) is 2.24. The van der Waals surface area contributed by atoms with E-state index in [1.54, 1.807) is 0 Å². The van der Waals surface area contributed by atoms with Gasteiger partial charge in [0, 0.05) is 0 Å². The lowest BCUT2D eigenvalue weighted by atomic mass is 10.1. The Morgan fingerprint density at radius 3 is 2.00 bits per heavy atom. The van der Waals surface area contributed by atoms with Gasteiger partial charge in [-0.05, 0) is 33.6 Å². The smallest absolute Gasteiger partial charge is 0.424 e. The maximum Gasteiger partial charge on any atom is 0.424 e. The number of hydrazine groups is 1. The molecule has 0 bridgehead atoms. The van der Waals surface area contributed by atoms with Gasteiger partial charge in [-0.3, -0.25) is 0 Å². The van der Waals surface area contributed by atoms with Crippen molar-refractivity contribution in [3.8, 4) is 0 Å². The zero-order chi connectivity index (χ0) is 12.8. The van der Waals surface area contributed by atoms with Crippen molar-refractivity contribution in [3.05, 3.63) is 0 Å². The van der Waals surface area contributed by atoms with Crippen LogP contribution in [0.3, 0.4) is 0 Å². The molecule has 96 valence electrons. The molecule has 0 aromatic rings. The van der Waals surface area contributed by atoms with Crippen molar-refractivity contribution >= 4 is 6.09 Å². The highest BCUT2D eigenvalue weighted by Crippen LogP contribution is 2.14. The van der Waals surface area contributed by atoms with Crippen molar-refractivity contribution in [3.63, 3.8) is 0 Å². The second-order valence-corrected chi connectivity index (χ2v) is 5.12. The van der Waals surface area contributed by atoms with Crippen LogP contribution in [0, 0.1) is 0 Å². The van der Waals surface area contributed by atoms with Gasteiger partial charge in [-0.15, -0.1) is 0 Å². The van der Waals surface area contributed by atoms with E-state index in [2.05, 4.69) is 13.8 Å². The highest BCUT2D eigenvalue weighted by atomic mass is 16.6. The molecule has 0 spiro atoms. The highest BCUT2D eigenvalue weighted by molar-refractivity contribution is 5.67. The Morgan fingerprint density at radius 2 is 1.69 bits per heavy atom. The number of ether oxygens (including phenoxy) is 1. The molecule has 0 heterocycles. The first kappa shape index (κ1) is 15.2. The summed E-state index contributed by atoms with van der Waals surface area (Å²) in [5.74, 6) is 5.80. The first-order valence-corrected chi connectivity index (χ1v) is 6.08. The average Bonchev–Trinajstić information content (AvgIpc) is 2.13. The maximum atomic E-state index is 11.7. The van der Waals surface area contributed by atoms with E-state index in [0.717, 1.165) is 25.7 Å². The minimum atomic E-state index is -0.488. The van der Waals surface area contributed by atoms with Crippen LogP contribution in [0.4, 0.5) is 4.79 Å². The summed E-state index contributed by atoms with van der Waals surface area (Å²) in [6.45, 7) is 9.70. The first-order valence-electron chi connectivity index (χ1n) is 6.08. The molecule has 0 aliphatic carbocycles. The largest absolute Gasteiger partial charge is 0.443 e. The Hall–Kier alpha value is -0.770. The summed E-state index contributed by atoms with van der Waals surface area (Å²) in [6.07, 6.45) is 3.44. The number of carbonyl (C=O) groups is 1. The van der Waals surface area contributed by atoms with Gasteiger partial charge in [-0.1, -0.05) is 26.7 Å². The van der Waals surface area contributed by atoms with E-state index in [0.29, 0.717) is 0 Å². The minimum absolute atomic E-state index is 0.0878. The number of hydrogen-bond acceptors (Lipinski definition) is 3. The standard InChI is InChI=1S/C12H26N2O2/c1-6-8-10(9-7-2)14(13)11(15)16-12(3,4)5/h10H,6-9,13H2,1-5H3. The van der Waals surface area contributed by atoms with Crippen molar-refractivity contribution in [1.29, 1.82) is 0 Å². The molecule has 0 fully saturated rings. The second kappa shape index (κ2) is 6.74. The van der Waals surface area contributed by atoms with Crippen LogP contribution in [0.2, 0.25) is 0 Å². The van der Waals surface area contributed by atoms with Crippen molar-refractivity contribution in [2.45, 2.75) is 71.9 Å². The maximum absolute atomic E-state index is 11.7. The summed E-state index contributed by atoms with van der Waals surface area (Å²) in [5.41, 5.74) is -0.488. The van der Waals surface area contributed by atoms with Gasteiger partial charge in [0.15, 0.2) is 0 Å². The summed E-state index contributed by atoms with van der Waals surface area (Å²) in [6, 6.07) is 0.0878. The predicted molar refractivity (Wildman–Crippen MR) is 65.9 cm³/mol. The molecule has 0 aliphatic rings. The summed E-state index contributed by atoms with van der Waals surface area (Å²) in [7, 11) is 0. The van der Waals surface area contributed by atoms with Gasteiger partial charge in [-0.25, -0.2) is 15.6 Å². The first-order chi connectivity index (χ1) is 7.31. The van der Waals surface area contributed by atoms with Crippen molar-refractivity contribution in [2.75, 3.05) is 0 Å². The molecule has 2 N–H and O–H groups in total. The van der Waals surface area contributed by atoms with Crippen LogP contribution in [0.5, 0.6) is 0 Å². The molecule has 0 aromatic carbocycles. The van der Waals surface area contributed by atoms with E-state index in [-0.39, 0.29) is 6.04 Å². The molecule has 0 saturated carbocycles. The fourth-order valence-corrected chi connectivity index (χ4v) is 1.55. The molecule has 0 atom stereocenters. The van der Waals surface area contributed by atoms with Crippen molar-refractivity contribution in [2.24, 2.45) is 5.84 Å². The molecule has 4 nitrogen and oxygen atoms in total. The summed E-state index contributed by atoms with van der Waals surface area (Å²) in [5, 5.41) is 1.25. The summed E-state index contributed by atoms with van der Waals surface area (Å²) < 4.78 is 5.24. The molecule has 0 radical (unpaired) electrons. The molecule has 0 unspecified atom stereocenters. The Balaban J connectivity index is 4.36. The van der Waals surface area contributed by atoms with E-state index < -0.39 is 11.7 Å². The topological polar surface area (TPSA) is 55.6 Å². The molecular weight excluding hydrogens is 204 g/mol. The normalized spacial score (nSPS) is 11.7. The highest BCUT2D eigenvalue weighted by Gasteiger charge is 2.24. The Kier molecular flexibility index (Phi) is 6.41. The molecule has 0 aliphatic heterocycles. The number of nitrogens with two attached hydrogens (primary N) is 1. The van der Waals surface area contributed by atoms with Gasteiger partial charge < -0.3 is 4.74 Å². The van der Waals surface area contributed by atoms with Gasteiger partial charge >= 0.3 is 6.09 Å². The van der Waals surface area contributed by atoms with E-state index in [4.69, 9.17) is 10.6 Å². The summed E-state index contributed by atoms with van der Waals surface area (Å²) >= 11 is 0. The molecule has 1 amide bonds. The lowest BCUT2D eigenvalue weighted by Crippen LogP contribution is -2.47. The number of rotatable bonds is 5. The predicted octanol–water partition coefficient (Wildman–Crippen LogP) is 3.07. The Labute approximate surface area is 99.1 Å². The zero-order valence-corrected chi connectivity index (χ0v) is 11.2. The van der Waals surface area contributed by atoms with Gasteiger partial charge in [0.25, 0.3) is 0 Å². The van der Waals surface area contributed by atoms with Crippen LogP contribution in [-0.4, -0.2) is 22.7 Å². The van der Waals surface area contributed by atoms with E-state index in [1.807, 2.05) is 20.8 Å². The zero-order valence-electron chi connectivity index (χ0n) is 11.2. The van der Waals surface area contributed by atoms with E-state index >= 15 is 0 Å².